The molecule has 0 spiro atoms. The Labute approximate surface area is 368 Å². The van der Waals surface area contributed by atoms with Crippen LogP contribution < -0.4 is 36.0 Å². The predicted octanol–water partition coefficient (Wildman–Crippen LogP) is 3.12. The molecule has 5 heterocycles. The van der Waals surface area contributed by atoms with E-state index in [1.165, 1.54) is 6.20 Å². The van der Waals surface area contributed by atoms with Gasteiger partial charge in [0.2, 0.25) is 23.5 Å². The zero-order chi connectivity index (χ0) is 44.1. The normalized spacial score (nSPS) is 20.7. The van der Waals surface area contributed by atoms with E-state index in [2.05, 4.69) is 67.9 Å². The van der Waals surface area contributed by atoms with E-state index < -0.39 is 17.9 Å². The molecule has 2 aromatic heterocycles. The summed E-state index contributed by atoms with van der Waals surface area (Å²) in [6.45, 7) is 15.5. The van der Waals surface area contributed by atoms with Gasteiger partial charge in [-0.1, -0.05) is 37.5 Å². The third-order valence-electron chi connectivity index (χ3n) is 12.3. The minimum Gasteiger partial charge on any atom is -0.384 e. The number of nitrogens with zero attached hydrogens (tertiary/aromatic N) is 7. The number of aromatic nitrogens is 3. The van der Waals surface area contributed by atoms with Crippen molar-refractivity contribution in [1.29, 1.82) is 0 Å². The van der Waals surface area contributed by atoms with Crippen LogP contribution in [-0.2, 0) is 21.6 Å². The van der Waals surface area contributed by atoms with E-state index in [-0.39, 0.29) is 11.8 Å². The molecular formula is C47H56N11O5+. The monoisotopic (exact) mass is 854 g/mol. The van der Waals surface area contributed by atoms with Crippen molar-refractivity contribution in [3.05, 3.63) is 108 Å². The lowest BCUT2D eigenvalue weighted by molar-refractivity contribution is -0.487. The molecule has 4 aromatic rings. The first kappa shape index (κ1) is 43.3. The van der Waals surface area contributed by atoms with Crippen LogP contribution in [0.1, 0.15) is 59.8 Å². The van der Waals surface area contributed by atoms with Gasteiger partial charge < -0.3 is 45.6 Å². The maximum absolute atomic E-state index is 13.1. The molecule has 3 atom stereocenters. The zero-order valence-electron chi connectivity index (χ0n) is 35.9. The van der Waals surface area contributed by atoms with Gasteiger partial charge in [0, 0.05) is 63.8 Å². The number of amides is 2. The fourth-order valence-electron chi connectivity index (χ4n) is 8.68. The lowest BCUT2D eigenvalue weighted by Crippen LogP contribution is -2.73. The highest BCUT2D eigenvalue weighted by Gasteiger charge is 2.40. The molecule has 2 fully saturated rings. The number of quaternary nitrogens is 1. The minimum atomic E-state index is -0.954. The number of piperazine rings is 1. The first-order valence-electron chi connectivity index (χ1n) is 21.6. The number of piperidine rings is 1. The quantitative estimate of drug-likeness (QED) is 0.0618. The molecule has 63 heavy (non-hydrogen) atoms. The summed E-state index contributed by atoms with van der Waals surface area (Å²) in [5, 5.41) is 31.5. The fourth-order valence-corrected chi connectivity index (χ4v) is 8.68. The molecule has 0 radical (unpaired) electrons. The topological polar surface area (TPSA) is 188 Å². The fraction of sp³-hybridized carbons (Fsp3) is 0.383. The molecule has 16 heteroatoms. The number of anilines is 5. The zero-order valence-corrected chi connectivity index (χ0v) is 35.9. The molecule has 0 saturated carbocycles. The maximum atomic E-state index is 13.1. The number of hydrogen-bond acceptors (Lipinski definition) is 13. The number of fused-ring (bicyclic) bond motifs is 2. The highest BCUT2D eigenvalue weighted by Crippen LogP contribution is 2.44. The predicted molar refractivity (Wildman–Crippen MR) is 242 cm³/mol. The highest BCUT2D eigenvalue weighted by molar-refractivity contribution is 5.97. The van der Waals surface area contributed by atoms with Crippen molar-refractivity contribution >= 4 is 52.1 Å². The lowest BCUT2D eigenvalue weighted by Gasteiger charge is -2.36. The number of nitrogens with one attached hydrogen (secondary N) is 3. The van der Waals surface area contributed by atoms with Gasteiger partial charge in [-0.3, -0.25) is 14.5 Å². The molecule has 2 aromatic carbocycles. The minimum absolute atomic E-state index is 0.212. The van der Waals surface area contributed by atoms with Crippen molar-refractivity contribution in [2.45, 2.75) is 56.9 Å². The number of aryl methyl sites for hydroxylation is 1. The van der Waals surface area contributed by atoms with Crippen LogP contribution in [0.3, 0.4) is 0 Å². The van der Waals surface area contributed by atoms with Crippen molar-refractivity contribution in [3.63, 3.8) is 0 Å². The Morgan fingerprint density at radius 3 is 2.68 bits per heavy atom. The number of carbonyl (C=O) groups is 2. The Hall–Kier alpha value is -6.35. The van der Waals surface area contributed by atoms with Crippen LogP contribution in [0.2, 0.25) is 0 Å². The summed E-state index contributed by atoms with van der Waals surface area (Å²) in [7, 11) is 1.93. The van der Waals surface area contributed by atoms with Gasteiger partial charge >= 0.3 is 0 Å². The average molecular weight is 855 g/mol. The van der Waals surface area contributed by atoms with Crippen LogP contribution in [-0.4, -0.2) is 114 Å². The summed E-state index contributed by atoms with van der Waals surface area (Å²) in [4.78, 5) is 48.5. The molecule has 4 aliphatic rings. The van der Waals surface area contributed by atoms with E-state index in [0.29, 0.717) is 80.1 Å². The van der Waals surface area contributed by atoms with E-state index in [0.717, 1.165) is 73.0 Å². The average Bonchev–Trinajstić information content (AvgIpc) is 3.76. The summed E-state index contributed by atoms with van der Waals surface area (Å²) < 4.78 is 5.94. The lowest BCUT2D eigenvalue weighted by atomic mass is 9.98. The summed E-state index contributed by atoms with van der Waals surface area (Å²) in [6.07, 6.45) is 5.32. The third-order valence-corrected chi connectivity index (χ3v) is 12.3. The van der Waals surface area contributed by atoms with Crippen molar-refractivity contribution in [2.75, 3.05) is 79.5 Å². The second kappa shape index (κ2) is 19.0. The van der Waals surface area contributed by atoms with Gasteiger partial charge in [0.25, 0.3) is 5.91 Å². The number of aliphatic hydroxyl groups is 2. The maximum Gasteiger partial charge on any atom is 0.261 e. The van der Waals surface area contributed by atoms with Gasteiger partial charge in [0.05, 0.1) is 35.4 Å². The Balaban J connectivity index is 0.819. The largest absolute Gasteiger partial charge is 0.384 e. The Morgan fingerprint density at radius 2 is 1.92 bits per heavy atom. The second-order valence-corrected chi connectivity index (χ2v) is 16.3. The number of rotatable bonds is 14. The van der Waals surface area contributed by atoms with Crippen LogP contribution in [0.15, 0.2) is 85.8 Å². The number of aliphatic hydroxyl groups excluding tert-OH is 1. The summed E-state index contributed by atoms with van der Waals surface area (Å²) in [5.74, 6) is 7.95. The molecule has 1 aliphatic carbocycles. The highest BCUT2D eigenvalue weighted by atomic mass is 16.5. The standard InChI is InChI=1S/C47H55N11O5/c1-5-22-48-44(60)36-30-49-46(54-43(36)52-39-18-12-33-20-21-47(62,6-2)42(33)51-39)50-34-13-15-35(16-14-34)57-25-23-56(24-26-57)27-29-63-28-8-10-32-9-7-11-37-41(32)55(4)31(3)58(37)38-17-19-40(59)53-45(38)61/h5,7,9,11-16,18,30,38,40,59,62H,1,3,6,17,19-29H2,2,4H3,(H,48,60)(H,53,61)(H2,49,50,51,52,54)/p+1/t38?,40?,47-/m1/s1. The van der Waals surface area contributed by atoms with Gasteiger partial charge in [-0.25, -0.2) is 10.3 Å². The number of hydrogen-bond donors (Lipinski definition) is 6. The summed E-state index contributed by atoms with van der Waals surface area (Å²) in [5.41, 5.74) is 5.64. The molecule has 2 amide bonds. The van der Waals surface area contributed by atoms with Crippen LogP contribution in [0.5, 0.6) is 0 Å². The molecule has 0 bridgehead atoms. The van der Waals surface area contributed by atoms with E-state index in [9.17, 15) is 19.8 Å². The molecule has 3 aliphatic heterocycles. The molecule has 16 nitrogen and oxygen atoms in total. The van der Waals surface area contributed by atoms with Crippen molar-refractivity contribution in [3.8, 4) is 11.8 Å². The second-order valence-electron chi connectivity index (χ2n) is 16.3. The molecule has 7 N–H and O–H groups in total. The van der Waals surface area contributed by atoms with Crippen molar-refractivity contribution in [2.24, 2.45) is 0 Å². The van der Waals surface area contributed by atoms with E-state index >= 15 is 0 Å². The van der Waals surface area contributed by atoms with Crippen molar-refractivity contribution < 1.29 is 29.9 Å². The van der Waals surface area contributed by atoms with Gasteiger partial charge in [-0.05, 0) is 80.1 Å². The number of carbonyl (C=O) groups excluding carboxylic acids is 2. The molecule has 2 saturated heterocycles. The first-order valence-corrected chi connectivity index (χ1v) is 21.6. The van der Waals surface area contributed by atoms with Crippen LogP contribution in [0.4, 0.5) is 40.3 Å². The Bertz CT molecular complexity index is 2430. The van der Waals surface area contributed by atoms with Gasteiger partial charge in [-0.15, -0.1) is 6.58 Å². The van der Waals surface area contributed by atoms with Crippen LogP contribution >= 0.6 is 0 Å². The summed E-state index contributed by atoms with van der Waals surface area (Å²) >= 11 is 0. The van der Waals surface area contributed by atoms with E-state index in [4.69, 9.17) is 14.7 Å². The van der Waals surface area contributed by atoms with E-state index in [1.54, 1.807) is 11.4 Å². The van der Waals surface area contributed by atoms with E-state index in [1.807, 2.05) is 66.2 Å². The SMILES string of the molecule is C=CCNC(=O)c1cnc(Nc2ccc(N3CCN(CCOCC#Cc4cccc5c4N(C)C(=C)N5C4CCC(O)NC4=O)CC3)cc2)nc1[NH2+]c1ccc2c(n1)[C@@](O)(CC)CC2. The van der Waals surface area contributed by atoms with Gasteiger partial charge in [-0.2, -0.15) is 9.97 Å². The molecule has 328 valence electrons. The van der Waals surface area contributed by atoms with Crippen LogP contribution in [0.25, 0.3) is 0 Å². The smallest absolute Gasteiger partial charge is 0.261 e. The first-order chi connectivity index (χ1) is 30.5. The number of para-hydroxylation sites is 1. The number of benzene rings is 2. The number of nitrogens with two attached hydrogens (primary N) is 1. The third kappa shape index (κ3) is 9.38. The van der Waals surface area contributed by atoms with Gasteiger partial charge in [0.1, 0.15) is 35.9 Å². The molecular weight excluding hydrogens is 799 g/mol. The number of ether oxygens (including phenoxy) is 1. The van der Waals surface area contributed by atoms with Gasteiger partial charge in [0.15, 0.2) is 0 Å². The Kier molecular flexibility index (Phi) is 13.0. The molecule has 2 unspecified atom stereocenters. The number of pyridine rings is 1. The van der Waals surface area contributed by atoms with Crippen LogP contribution in [0, 0.1) is 11.8 Å². The Morgan fingerprint density at radius 1 is 1.11 bits per heavy atom. The summed E-state index contributed by atoms with van der Waals surface area (Å²) in [6, 6.07) is 17.5. The van der Waals surface area contributed by atoms with Crippen molar-refractivity contribution in [1.82, 2.24) is 30.5 Å². The molecule has 8 rings (SSSR count).